The average molecular weight is 447 g/mol. The number of fused-ring (bicyclic) bond motifs is 1. The highest BCUT2D eigenvalue weighted by Gasteiger charge is 2.23. The number of hydrogen-bond acceptors (Lipinski definition) is 9. The fourth-order valence-corrected chi connectivity index (χ4v) is 3.90. The molecule has 3 aromatic heterocycles. The van der Waals surface area contributed by atoms with Crippen LogP contribution in [0.4, 0.5) is 29.0 Å². The SMILES string of the molecule is Cc1cnc(Nc2ccc(N3C[C@@H](C)NC[C@@H]3C)nc2)nc1Nc1ccc2oc(=O)[nH]c2c1. The van der Waals surface area contributed by atoms with Crippen molar-refractivity contribution in [2.75, 3.05) is 28.6 Å². The largest absolute Gasteiger partial charge is 0.417 e. The van der Waals surface area contributed by atoms with Crippen LogP contribution in [0.25, 0.3) is 11.1 Å². The molecule has 1 aliphatic rings. The quantitative estimate of drug-likeness (QED) is 0.365. The van der Waals surface area contributed by atoms with Crippen LogP contribution in [0.1, 0.15) is 19.4 Å². The van der Waals surface area contributed by atoms with Crippen molar-refractivity contribution in [1.82, 2.24) is 25.3 Å². The molecule has 0 spiro atoms. The number of hydrogen-bond donors (Lipinski definition) is 4. The first-order valence-corrected chi connectivity index (χ1v) is 10.9. The Morgan fingerprint density at radius 2 is 1.94 bits per heavy atom. The maximum atomic E-state index is 11.4. The molecule has 0 radical (unpaired) electrons. The molecule has 4 aromatic rings. The van der Waals surface area contributed by atoms with E-state index in [4.69, 9.17) is 4.42 Å². The van der Waals surface area contributed by atoms with Crippen LogP contribution in [0, 0.1) is 6.92 Å². The van der Waals surface area contributed by atoms with E-state index in [1.165, 1.54) is 0 Å². The van der Waals surface area contributed by atoms with Crippen LogP contribution in [0.5, 0.6) is 0 Å². The third-order valence-electron chi connectivity index (χ3n) is 5.72. The number of aryl methyl sites for hydroxylation is 1. The average Bonchev–Trinajstić information content (AvgIpc) is 3.17. The lowest BCUT2D eigenvalue weighted by Crippen LogP contribution is -2.54. The van der Waals surface area contributed by atoms with E-state index in [0.717, 1.165) is 35.8 Å². The smallest absolute Gasteiger partial charge is 0.408 e. The predicted octanol–water partition coefficient (Wildman–Crippen LogP) is 3.29. The second-order valence-corrected chi connectivity index (χ2v) is 8.42. The Morgan fingerprint density at radius 1 is 1.09 bits per heavy atom. The summed E-state index contributed by atoms with van der Waals surface area (Å²) in [4.78, 5) is 30.0. The van der Waals surface area contributed by atoms with E-state index in [-0.39, 0.29) is 0 Å². The van der Waals surface area contributed by atoms with Gasteiger partial charge in [-0.3, -0.25) is 4.98 Å². The topological polar surface area (TPSA) is 124 Å². The van der Waals surface area contributed by atoms with Crippen LogP contribution in [0.2, 0.25) is 0 Å². The lowest BCUT2D eigenvalue weighted by molar-refractivity contribution is 0.422. The first-order chi connectivity index (χ1) is 15.9. The molecule has 5 rings (SSSR count). The molecule has 10 nitrogen and oxygen atoms in total. The van der Waals surface area contributed by atoms with Gasteiger partial charge in [0, 0.05) is 42.6 Å². The third-order valence-corrected chi connectivity index (χ3v) is 5.72. The van der Waals surface area contributed by atoms with E-state index in [9.17, 15) is 4.79 Å². The molecule has 0 bridgehead atoms. The molecule has 1 saturated heterocycles. The number of anilines is 5. The van der Waals surface area contributed by atoms with E-state index in [2.05, 4.69) is 54.6 Å². The molecule has 0 aliphatic carbocycles. The van der Waals surface area contributed by atoms with Gasteiger partial charge in [0.05, 0.1) is 17.4 Å². The monoisotopic (exact) mass is 446 g/mol. The molecular formula is C23H26N8O2. The van der Waals surface area contributed by atoms with E-state index in [1.807, 2.05) is 25.1 Å². The lowest BCUT2D eigenvalue weighted by atomic mass is 10.1. The number of nitrogens with zero attached hydrogens (tertiary/aromatic N) is 4. The second kappa shape index (κ2) is 8.55. The molecule has 2 atom stereocenters. The summed E-state index contributed by atoms with van der Waals surface area (Å²) in [5.41, 5.74) is 3.60. The zero-order valence-electron chi connectivity index (χ0n) is 18.7. The summed E-state index contributed by atoms with van der Waals surface area (Å²) in [5, 5.41) is 9.99. The summed E-state index contributed by atoms with van der Waals surface area (Å²) in [6, 6.07) is 10.2. The van der Waals surface area contributed by atoms with Gasteiger partial charge in [-0.25, -0.2) is 14.8 Å². The normalized spacial score (nSPS) is 18.5. The van der Waals surface area contributed by atoms with Crippen LogP contribution in [0.3, 0.4) is 0 Å². The van der Waals surface area contributed by atoms with E-state index >= 15 is 0 Å². The summed E-state index contributed by atoms with van der Waals surface area (Å²) in [5.74, 6) is 1.60. The van der Waals surface area contributed by atoms with Gasteiger partial charge < -0.3 is 25.3 Å². The molecular weight excluding hydrogens is 420 g/mol. The first-order valence-electron chi connectivity index (χ1n) is 10.9. The van der Waals surface area contributed by atoms with Gasteiger partial charge in [0.25, 0.3) is 0 Å². The zero-order chi connectivity index (χ0) is 22.9. The van der Waals surface area contributed by atoms with Crippen molar-refractivity contribution in [3.63, 3.8) is 0 Å². The molecule has 4 heterocycles. The molecule has 1 fully saturated rings. The first kappa shape index (κ1) is 21.0. The van der Waals surface area contributed by atoms with Gasteiger partial charge in [-0.1, -0.05) is 0 Å². The molecule has 0 saturated carbocycles. The molecule has 4 N–H and O–H groups in total. The highest BCUT2D eigenvalue weighted by Crippen LogP contribution is 2.24. The van der Waals surface area contributed by atoms with Gasteiger partial charge in [0.2, 0.25) is 5.95 Å². The van der Waals surface area contributed by atoms with Gasteiger partial charge in [-0.2, -0.15) is 4.98 Å². The molecule has 0 amide bonds. The Hall–Kier alpha value is -3.92. The molecule has 1 aromatic carbocycles. The Bertz CT molecular complexity index is 1330. The molecule has 10 heteroatoms. The summed E-state index contributed by atoms with van der Waals surface area (Å²) >= 11 is 0. The fraction of sp³-hybridized carbons (Fsp3) is 0.304. The van der Waals surface area contributed by atoms with Crippen LogP contribution in [-0.2, 0) is 0 Å². The van der Waals surface area contributed by atoms with Crippen LogP contribution in [-0.4, -0.2) is 45.1 Å². The van der Waals surface area contributed by atoms with E-state index in [1.54, 1.807) is 24.5 Å². The number of aromatic amines is 1. The lowest BCUT2D eigenvalue weighted by Gasteiger charge is -2.38. The second-order valence-electron chi connectivity index (χ2n) is 8.42. The number of H-pyrrole nitrogens is 1. The minimum absolute atomic E-state index is 0.390. The van der Waals surface area contributed by atoms with Crippen molar-refractivity contribution in [2.24, 2.45) is 0 Å². The van der Waals surface area contributed by atoms with Gasteiger partial charge in [-0.15, -0.1) is 0 Å². The molecule has 1 aliphatic heterocycles. The summed E-state index contributed by atoms with van der Waals surface area (Å²) in [6.07, 6.45) is 3.55. The van der Waals surface area contributed by atoms with E-state index in [0.29, 0.717) is 34.9 Å². The number of nitrogens with one attached hydrogen (secondary N) is 4. The number of aromatic nitrogens is 4. The van der Waals surface area contributed by atoms with Crippen LogP contribution >= 0.6 is 0 Å². The zero-order valence-corrected chi connectivity index (χ0v) is 18.7. The van der Waals surface area contributed by atoms with Crippen LogP contribution in [0.15, 0.2) is 51.9 Å². The van der Waals surface area contributed by atoms with Crippen molar-refractivity contribution in [2.45, 2.75) is 32.9 Å². The van der Waals surface area contributed by atoms with Gasteiger partial charge >= 0.3 is 5.76 Å². The fourth-order valence-electron chi connectivity index (χ4n) is 3.90. The third kappa shape index (κ3) is 4.51. The minimum Gasteiger partial charge on any atom is -0.408 e. The van der Waals surface area contributed by atoms with Crippen molar-refractivity contribution >= 4 is 40.1 Å². The number of benzene rings is 1. The van der Waals surface area contributed by atoms with Gasteiger partial charge in [0.1, 0.15) is 11.6 Å². The maximum absolute atomic E-state index is 11.4. The Balaban J connectivity index is 1.32. The van der Waals surface area contributed by atoms with Crippen molar-refractivity contribution < 1.29 is 4.42 Å². The number of piperazine rings is 1. The van der Waals surface area contributed by atoms with Gasteiger partial charge in [-0.05, 0) is 51.1 Å². The Morgan fingerprint density at radius 3 is 2.76 bits per heavy atom. The van der Waals surface area contributed by atoms with Crippen molar-refractivity contribution in [1.29, 1.82) is 0 Å². The molecule has 0 unspecified atom stereocenters. The maximum Gasteiger partial charge on any atom is 0.417 e. The highest BCUT2D eigenvalue weighted by atomic mass is 16.4. The number of oxazole rings is 1. The number of pyridine rings is 1. The summed E-state index contributed by atoms with van der Waals surface area (Å²) in [7, 11) is 0. The number of rotatable bonds is 5. The highest BCUT2D eigenvalue weighted by molar-refractivity contribution is 5.78. The molecule has 170 valence electrons. The van der Waals surface area contributed by atoms with E-state index < -0.39 is 5.76 Å². The Kier molecular flexibility index (Phi) is 5.43. The van der Waals surface area contributed by atoms with Gasteiger partial charge in [0.15, 0.2) is 5.58 Å². The molecule has 33 heavy (non-hydrogen) atoms. The predicted molar refractivity (Wildman–Crippen MR) is 129 cm³/mol. The standard InChI is InChI=1S/C23H26N8O2/c1-13-9-26-22(30-21(13)27-16-4-6-19-18(8-16)29-23(32)33-19)28-17-5-7-20(25-11-17)31-12-14(2)24-10-15(31)3/h4-9,11,14-15,24H,10,12H2,1-3H3,(H,29,32)(H2,26,27,28,30)/t14-,15+/m1/s1. The van der Waals surface area contributed by atoms with Crippen LogP contribution < -0.4 is 26.6 Å². The van der Waals surface area contributed by atoms with Crippen molar-refractivity contribution in [3.8, 4) is 0 Å². The minimum atomic E-state index is -0.479. The summed E-state index contributed by atoms with van der Waals surface area (Å²) in [6.45, 7) is 8.18. The summed E-state index contributed by atoms with van der Waals surface area (Å²) < 4.78 is 5.05. The van der Waals surface area contributed by atoms with Crippen molar-refractivity contribution in [3.05, 3.63) is 58.8 Å². The Labute approximate surface area is 190 Å².